The number of hydrogen-bond acceptors (Lipinski definition) is 3. The molecule has 0 aromatic heterocycles. The average molecular weight is 335 g/mol. The summed E-state index contributed by atoms with van der Waals surface area (Å²) in [4.78, 5) is 0. The highest BCUT2D eigenvalue weighted by Crippen LogP contribution is 2.61. The van der Waals surface area contributed by atoms with Crippen LogP contribution in [0.5, 0.6) is 0 Å². The largest absolute Gasteiger partial charge is 0.396 e. The van der Waals surface area contributed by atoms with E-state index in [2.05, 4.69) is 37.4 Å². The molecule has 2 saturated carbocycles. The van der Waals surface area contributed by atoms with Gasteiger partial charge in [0.15, 0.2) is 0 Å². The van der Waals surface area contributed by atoms with E-state index in [1.807, 2.05) is 6.07 Å². The molecule has 1 aromatic rings. The fourth-order valence-corrected chi connectivity index (χ4v) is 9.71. The second kappa shape index (κ2) is 5.99. The van der Waals surface area contributed by atoms with Crippen LogP contribution in [0.1, 0.15) is 38.5 Å². The van der Waals surface area contributed by atoms with Gasteiger partial charge in [0.1, 0.15) is 0 Å². The summed E-state index contributed by atoms with van der Waals surface area (Å²) in [5.41, 5.74) is -1.17. The lowest BCUT2D eigenvalue weighted by Crippen LogP contribution is -2.66. The van der Waals surface area contributed by atoms with Gasteiger partial charge in [0, 0.05) is 11.8 Å². The van der Waals surface area contributed by atoms with Gasteiger partial charge in [-0.2, -0.15) is 0 Å². The van der Waals surface area contributed by atoms with Gasteiger partial charge in [-0.15, -0.1) is 0 Å². The zero-order valence-electron chi connectivity index (χ0n) is 14.3. The minimum Gasteiger partial charge on any atom is -0.396 e. The number of fused-ring (bicyclic) bond motifs is 1. The number of rotatable bonds is 3. The fraction of sp³-hybridized carbons (Fsp3) is 0.684. The first-order valence-corrected chi connectivity index (χ1v) is 12.0. The van der Waals surface area contributed by atoms with Crippen molar-refractivity contribution in [2.45, 2.75) is 68.9 Å². The van der Waals surface area contributed by atoms with E-state index in [1.165, 1.54) is 5.19 Å². The Bertz CT molecular complexity index is 547. The van der Waals surface area contributed by atoms with Crippen LogP contribution in [-0.4, -0.2) is 41.7 Å². The Morgan fingerprint density at radius 2 is 1.78 bits per heavy atom. The van der Waals surface area contributed by atoms with Crippen LogP contribution in [-0.2, 0) is 0 Å². The third kappa shape index (κ3) is 2.60. The van der Waals surface area contributed by atoms with E-state index in [0.29, 0.717) is 19.3 Å². The van der Waals surface area contributed by atoms with Crippen LogP contribution >= 0.6 is 0 Å². The van der Waals surface area contributed by atoms with Gasteiger partial charge < -0.3 is 15.3 Å². The molecular formula is C19H30O3Si. The normalized spacial score (nSPS) is 38.1. The van der Waals surface area contributed by atoms with Crippen LogP contribution in [0.4, 0.5) is 0 Å². The molecule has 3 rings (SSSR count). The minimum atomic E-state index is -1.95. The third-order valence-electron chi connectivity index (χ3n) is 6.81. The Balaban J connectivity index is 2.08. The van der Waals surface area contributed by atoms with Crippen molar-refractivity contribution in [3.63, 3.8) is 0 Å². The van der Waals surface area contributed by atoms with E-state index in [4.69, 9.17) is 0 Å². The predicted octanol–water partition coefficient (Wildman–Crippen LogP) is 2.41. The molecule has 0 saturated heterocycles. The number of benzene rings is 1. The summed E-state index contributed by atoms with van der Waals surface area (Å²) in [6.07, 6.45) is 4.31. The monoisotopic (exact) mass is 334 g/mol. The van der Waals surface area contributed by atoms with Gasteiger partial charge in [-0.1, -0.05) is 61.5 Å². The van der Waals surface area contributed by atoms with Gasteiger partial charge in [0.25, 0.3) is 0 Å². The molecule has 2 aliphatic carbocycles. The van der Waals surface area contributed by atoms with Gasteiger partial charge in [0.05, 0.1) is 26.4 Å². The summed E-state index contributed by atoms with van der Waals surface area (Å²) in [7, 11) is -1.95. The molecule has 0 radical (unpaired) electrons. The van der Waals surface area contributed by atoms with E-state index < -0.39 is 25.2 Å². The molecule has 128 valence electrons. The van der Waals surface area contributed by atoms with Crippen LogP contribution < -0.4 is 5.19 Å². The van der Waals surface area contributed by atoms with E-state index >= 15 is 0 Å². The summed E-state index contributed by atoms with van der Waals surface area (Å²) in [6.45, 7) is 4.69. The second-order valence-electron chi connectivity index (χ2n) is 8.29. The summed E-state index contributed by atoms with van der Waals surface area (Å²) < 4.78 is 0. The van der Waals surface area contributed by atoms with Crippen molar-refractivity contribution in [1.29, 1.82) is 0 Å². The van der Waals surface area contributed by atoms with Crippen molar-refractivity contribution in [2.75, 3.05) is 6.61 Å². The van der Waals surface area contributed by atoms with Crippen LogP contribution in [0, 0.1) is 5.41 Å². The number of aliphatic hydroxyl groups is 3. The molecule has 0 unspecified atom stereocenters. The molecule has 3 nitrogen and oxygen atoms in total. The molecule has 23 heavy (non-hydrogen) atoms. The lowest BCUT2D eigenvalue weighted by atomic mass is 9.56. The standard InChI is InChI=1S/C19H30O3Si/c1-23(2,16-8-4-3-5-9-16)17-12-15(21)13-19(22)11-7-6-10-18(17,19)14-20/h3-5,8-9,15,17,20-22H,6-7,10-14H2,1-2H3/t15-,17+,18+,19-/m0/s1. The van der Waals surface area contributed by atoms with Crippen molar-refractivity contribution in [2.24, 2.45) is 5.41 Å². The molecule has 0 amide bonds. The predicted molar refractivity (Wildman–Crippen MR) is 95.5 cm³/mol. The van der Waals surface area contributed by atoms with E-state index in [9.17, 15) is 15.3 Å². The maximum absolute atomic E-state index is 11.4. The molecule has 0 bridgehead atoms. The van der Waals surface area contributed by atoms with Crippen molar-refractivity contribution >= 4 is 13.3 Å². The Morgan fingerprint density at radius 1 is 1.13 bits per heavy atom. The van der Waals surface area contributed by atoms with Crippen molar-refractivity contribution < 1.29 is 15.3 Å². The summed E-state index contributed by atoms with van der Waals surface area (Å²) in [5.74, 6) is 0. The zero-order valence-corrected chi connectivity index (χ0v) is 15.3. The van der Waals surface area contributed by atoms with Crippen LogP contribution in [0.25, 0.3) is 0 Å². The maximum atomic E-state index is 11.4. The molecular weight excluding hydrogens is 304 g/mol. The molecule has 2 fully saturated rings. The van der Waals surface area contributed by atoms with E-state index in [0.717, 1.165) is 19.3 Å². The number of aliphatic hydroxyl groups excluding tert-OH is 2. The first-order valence-electron chi connectivity index (χ1n) is 8.93. The van der Waals surface area contributed by atoms with Gasteiger partial charge >= 0.3 is 0 Å². The van der Waals surface area contributed by atoms with Crippen molar-refractivity contribution in [3.05, 3.63) is 30.3 Å². The summed E-state index contributed by atoms with van der Waals surface area (Å²) >= 11 is 0. The molecule has 0 aliphatic heterocycles. The van der Waals surface area contributed by atoms with E-state index in [1.54, 1.807) is 0 Å². The highest BCUT2D eigenvalue weighted by Gasteiger charge is 2.62. The molecule has 0 heterocycles. The average Bonchev–Trinajstić information content (AvgIpc) is 2.54. The van der Waals surface area contributed by atoms with Crippen LogP contribution in [0.2, 0.25) is 18.6 Å². The lowest BCUT2D eigenvalue weighted by molar-refractivity contribution is -0.183. The Kier molecular flexibility index (Phi) is 4.47. The molecule has 3 N–H and O–H groups in total. The molecule has 2 aliphatic rings. The number of hydrogen-bond donors (Lipinski definition) is 3. The molecule has 4 heteroatoms. The fourth-order valence-electron chi connectivity index (χ4n) is 5.50. The van der Waals surface area contributed by atoms with Gasteiger partial charge in [-0.25, -0.2) is 0 Å². The SMILES string of the molecule is C[Si](C)(c1ccccc1)[C@@H]1C[C@H](O)C[C@@]2(O)CCCC[C@@]12CO. The Hall–Kier alpha value is -0.683. The van der Waals surface area contributed by atoms with Gasteiger partial charge in [0.2, 0.25) is 0 Å². The first kappa shape index (κ1) is 17.2. The third-order valence-corrected chi connectivity index (χ3v) is 11.2. The zero-order chi connectivity index (χ0) is 16.7. The summed E-state index contributed by atoms with van der Waals surface area (Å²) in [5, 5.41) is 33.6. The molecule has 1 aromatic carbocycles. The van der Waals surface area contributed by atoms with Crippen molar-refractivity contribution in [3.8, 4) is 0 Å². The van der Waals surface area contributed by atoms with Crippen LogP contribution in [0.15, 0.2) is 30.3 Å². The minimum absolute atomic E-state index is 0.0319. The first-order chi connectivity index (χ1) is 10.9. The topological polar surface area (TPSA) is 60.7 Å². The quantitative estimate of drug-likeness (QED) is 0.744. The highest BCUT2D eigenvalue weighted by atomic mass is 28.3. The van der Waals surface area contributed by atoms with Crippen LogP contribution in [0.3, 0.4) is 0 Å². The maximum Gasteiger partial charge on any atom is 0.0845 e. The Morgan fingerprint density at radius 3 is 2.43 bits per heavy atom. The second-order valence-corrected chi connectivity index (χ2v) is 13.0. The molecule has 0 spiro atoms. The van der Waals surface area contributed by atoms with Gasteiger partial charge in [-0.05, 0) is 24.8 Å². The lowest BCUT2D eigenvalue weighted by Gasteiger charge is -2.61. The van der Waals surface area contributed by atoms with E-state index in [-0.39, 0.29) is 12.1 Å². The smallest absolute Gasteiger partial charge is 0.0845 e. The summed E-state index contributed by atoms with van der Waals surface area (Å²) in [6, 6.07) is 10.5. The van der Waals surface area contributed by atoms with Gasteiger partial charge in [-0.3, -0.25) is 0 Å². The highest BCUT2D eigenvalue weighted by molar-refractivity contribution is 6.91. The molecule has 4 atom stereocenters. The van der Waals surface area contributed by atoms with Crippen molar-refractivity contribution in [1.82, 2.24) is 0 Å². The Labute approximate surface area is 140 Å².